The molecule has 0 unspecified atom stereocenters. The Hall–Kier alpha value is -3.07. The normalized spacial score (nSPS) is 10.7. The number of hydrogen-bond donors (Lipinski definition) is 2. The summed E-state index contributed by atoms with van der Waals surface area (Å²) in [5.74, 6) is 0. The van der Waals surface area contributed by atoms with Crippen molar-refractivity contribution in [3.8, 4) is 17.2 Å². The van der Waals surface area contributed by atoms with Crippen molar-refractivity contribution in [2.24, 2.45) is 7.05 Å². The number of nitrogens with zero attached hydrogens (tertiary/aromatic N) is 2. The Balaban J connectivity index is 2.28. The van der Waals surface area contributed by atoms with Crippen molar-refractivity contribution in [2.45, 2.75) is 6.92 Å². The van der Waals surface area contributed by atoms with Gasteiger partial charge in [-0.1, -0.05) is 6.07 Å². The van der Waals surface area contributed by atoms with E-state index in [0.29, 0.717) is 11.2 Å². The number of aryl methyl sites for hydroxylation is 2. The molecule has 0 aliphatic heterocycles. The first kappa shape index (κ1) is 12.9. The number of aromatic amines is 2. The Labute approximate surface area is 119 Å². The van der Waals surface area contributed by atoms with E-state index in [2.05, 4.69) is 9.97 Å². The predicted molar refractivity (Wildman–Crippen MR) is 79.0 cm³/mol. The molecule has 2 aromatic heterocycles. The molecule has 2 N–H and O–H groups in total. The van der Waals surface area contributed by atoms with Crippen molar-refractivity contribution in [2.75, 3.05) is 0 Å². The van der Waals surface area contributed by atoms with E-state index in [1.807, 2.05) is 24.3 Å². The molecule has 6 heteroatoms. The number of H-pyrrole nitrogens is 2. The van der Waals surface area contributed by atoms with Crippen LogP contribution < -0.4 is 11.2 Å². The van der Waals surface area contributed by atoms with Gasteiger partial charge in [-0.05, 0) is 30.7 Å². The van der Waals surface area contributed by atoms with Gasteiger partial charge in [0.25, 0.3) is 5.56 Å². The number of imidazole rings is 1. The molecule has 0 atom stereocenters. The molecule has 1 aromatic carbocycles. The highest BCUT2D eigenvalue weighted by molar-refractivity contribution is 5.82. The first-order valence-electron chi connectivity index (χ1n) is 6.34. The second kappa shape index (κ2) is 4.49. The molecule has 0 fully saturated rings. The highest BCUT2D eigenvalue weighted by Crippen LogP contribution is 2.24. The zero-order valence-corrected chi connectivity index (χ0v) is 11.5. The van der Waals surface area contributed by atoms with Crippen LogP contribution in [0.4, 0.5) is 0 Å². The van der Waals surface area contributed by atoms with Crippen LogP contribution in [0.3, 0.4) is 0 Å². The first-order valence-corrected chi connectivity index (χ1v) is 6.34. The lowest BCUT2D eigenvalue weighted by atomic mass is 10.0. The summed E-state index contributed by atoms with van der Waals surface area (Å²) >= 11 is 0. The number of hydrogen-bond acceptors (Lipinski definition) is 3. The van der Waals surface area contributed by atoms with E-state index in [-0.39, 0.29) is 11.3 Å². The summed E-state index contributed by atoms with van der Waals surface area (Å²) < 4.78 is 1.53. The van der Waals surface area contributed by atoms with Crippen molar-refractivity contribution in [1.82, 2.24) is 14.5 Å². The van der Waals surface area contributed by atoms with Crippen LogP contribution in [0.1, 0.15) is 11.3 Å². The Morgan fingerprint density at radius 1 is 1.19 bits per heavy atom. The van der Waals surface area contributed by atoms with E-state index in [1.165, 1.54) is 4.57 Å². The molecule has 0 saturated carbocycles. The van der Waals surface area contributed by atoms with Crippen LogP contribution in [-0.4, -0.2) is 14.5 Å². The summed E-state index contributed by atoms with van der Waals surface area (Å²) in [5, 5.41) is 8.97. The summed E-state index contributed by atoms with van der Waals surface area (Å²) in [6, 6.07) is 8.97. The molecular weight excluding hydrogens is 268 g/mol. The van der Waals surface area contributed by atoms with Crippen LogP contribution in [-0.2, 0) is 7.05 Å². The van der Waals surface area contributed by atoms with Crippen LogP contribution in [0.5, 0.6) is 0 Å². The molecule has 0 aliphatic rings. The molecule has 0 spiro atoms. The second-order valence-corrected chi connectivity index (χ2v) is 4.88. The van der Waals surface area contributed by atoms with E-state index in [0.717, 1.165) is 16.6 Å². The SMILES string of the molecule is Cc1[nH]c(=O)c(C#N)cc1-c1ccc2c(c1)[nH]c(=O)n2C. The fraction of sp³-hybridized carbons (Fsp3) is 0.133. The van der Waals surface area contributed by atoms with E-state index in [4.69, 9.17) is 5.26 Å². The molecule has 6 nitrogen and oxygen atoms in total. The minimum Gasteiger partial charge on any atom is -0.325 e. The summed E-state index contributed by atoms with van der Waals surface area (Å²) in [6.45, 7) is 1.77. The number of nitriles is 1. The first-order chi connectivity index (χ1) is 10.0. The Kier molecular flexibility index (Phi) is 2.77. The van der Waals surface area contributed by atoms with Crippen molar-refractivity contribution < 1.29 is 0 Å². The molecule has 0 aliphatic carbocycles. The second-order valence-electron chi connectivity index (χ2n) is 4.88. The maximum absolute atomic E-state index is 11.6. The monoisotopic (exact) mass is 280 g/mol. The number of fused-ring (bicyclic) bond motifs is 1. The lowest BCUT2D eigenvalue weighted by Crippen LogP contribution is -2.11. The van der Waals surface area contributed by atoms with E-state index in [1.54, 1.807) is 20.0 Å². The lowest BCUT2D eigenvalue weighted by Gasteiger charge is -2.06. The average Bonchev–Trinajstić information content (AvgIpc) is 2.74. The van der Waals surface area contributed by atoms with Gasteiger partial charge in [0.05, 0.1) is 11.0 Å². The van der Waals surface area contributed by atoms with E-state index >= 15 is 0 Å². The van der Waals surface area contributed by atoms with Crippen molar-refractivity contribution in [1.29, 1.82) is 5.26 Å². The van der Waals surface area contributed by atoms with Gasteiger partial charge in [0.15, 0.2) is 0 Å². The van der Waals surface area contributed by atoms with Crippen molar-refractivity contribution >= 4 is 11.0 Å². The molecular formula is C15H12N4O2. The molecule has 3 rings (SSSR count). The summed E-state index contributed by atoms with van der Waals surface area (Å²) in [7, 11) is 1.69. The van der Waals surface area contributed by atoms with Crippen LogP contribution in [0.25, 0.3) is 22.2 Å². The standard InChI is InChI=1S/C15H12N4O2/c1-8-11(5-10(7-16)14(20)17-8)9-3-4-13-12(6-9)18-15(21)19(13)2/h3-6H,1-2H3,(H,17,20)(H,18,21). The Bertz CT molecular complexity index is 1010. The van der Waals surface area contributed by atoms with Gasteiger partial charge in [-0.2, -0.15) is 5.26 Å². The van der Waals surface area contributed by atoms with Crippen LogP contribution in [0.15, 0.2) is 33.9 Å². The molecule has 104 valence electrons. The van der Waals surface area contributed by atoms with Gasteiger partial charge >= 0.3 is 5.69 Å². The quantitative estimate of drug-likeness (QED) is 0.705. The minimum atomic E-state index is -0.395. The van der Waals surface area contributed by atoms with E-state index in [9.17, 15) is 9.59 Å². The molecule has 3 aromatic rings. The van der Waals surface area contributed by atoms with Crippen molar-refractivity contribution in [3.05, 3.63) is 56.4 Å². The topological polar surface area (TPSA) is 94.4 Å². The number of aromatic nitrogens is 3. The highest BCUT2D eigenvalue weighted by atomic mass is 16.1. The largest absolute Gasteiger partial charge is 0.326 e. The maximum atomic E-state index is 11.6. The van der Waals surface area contributed by atoms with Crippen LogP contribution in [0.2, 0.25) is 0 Å². The molecule has 0 amide bonds. The molecule has 0 saturated heterocycles. The Morgan fingerprint density at radius 3 is 2.67 bits per heavy atom. The van der Waals surface area contributed by atoms with E-state index < -0.39 is 5.56 Å². The molecule has 21 heavy (non-hydrogen) atoms. The summed E-state index contributed by atoms with van der Waals surface area (Å²) in [6.07, 6.45) is 0. The van der Waals surface area contributed by atoms with Gasteiger partial charge < -0.3 is 9.97 Å². The van der Waals surface area contributed by atoms with Crippen molar-refractivity contribution in [3.63, 3.8) is 0 Å². The van der Waals surface area contributed by atoms with Gasteiger partial charge in [-0.25, -0.2) is 4.79 Å². The third kappa shape index (κ3) is 1.96. The van der Waals surface area contributed by atoms with Crippen LogP contribution in [0, 0.1) is 18.3 Å². The number of nitrogens with one attached hydrogen (secondary N) is 2. The van der Waals surface area contributed by atoms with Gasteiger partial charge in [0, 0.05) is 18.3 Å². The number of benzene rings is 1. The fourth-order valence-corrected chi connectivity index (χ4v) is 2.41. The third-order valence-electron chi connectivity index (χ3n) is 3.57. The fourth-order valence-electron chi connectivity index (χ4n) is 2.41. The third-order valence-corrected chi connectivity index (χ3v) is 3.57. The van der Waals surface area contributed by atoms with Gasteiger partial charge in [-0.15, -0.1) is 0 Å². The zero-order valence-electron chi connectivity index (χ0n) is 11.5. The average molecular weight is 280 g/mol. The van der Waals surface area contributed by atoms with Gasteiger partial charge in [-0.3, -0.25) is 9.36 Å². The smallest absolute Gasteiger partial charge is 0.325 e. The molecule has 2 heterocycles. The lowest BCUT2D eigenvalue weighted by molar-refractivity contribution is 0.891. The minimum absolute atomic E-state index is 0.0669. The molecule has 0 bridgehead atoms. The maximum Gasteiger partial charge on any atom is 0.326 e. The number of rotatable bonds is 1. The number of pyridine rings is 1. The summed E-state index contributed by atoms with van der Waals surface area (Å²) in [5.41, 5.74) is 3.27. The van der Waals surface area contributed by atoms with Crippen LogP contribution >= 0.6 is 0 Å². The highest BCUT2D eigenvalue weighted by Gasteiger charge is 2.10. The molecule has 0 radical (unpaired) electrons. The summed E-state index contributed by atoms with van der Waals surface area (Å²) in [4.78, 5) is 28.6. The van der Waals surface area contributed by atoms with Gasteiger partial charge in [0.2, 0.25) is 0 Å². The zero-order chi connectivity index (χ0) is 15.1. The predicted octanol–water partition coefficient (Wildman–Crippen LogP) is 1.40. The Morgan fingerprint density at radius 2 is 1.95 bits per heavy atom. The van der Waals surface area contributed by atoms with Gasteiger partial charge in [0.1, 0.15) is 11.6 Å².